The first kappa shape index (κ1) is 15.8. The molecule has 0 saturated heterocycles. The lowest BCUT2D eigenvalue weighted by Crippen LogP contribution is -2.31. The quantitative estimate of drug-likeness (QED) is 0.794. The molecule has 0 aliphatic rings. The minimum Gasteiger partial charge on any atom is -0.323 e. The van der Waals surface area contributed by atoms with Gasteiger partial charge in [0.15, 0.2) is 5.82 Å². The van der Waals surface area contributed by atoms with Crippen molar-refractivity contribution in [1.82, 2.24) is 14.7 Å². The maximum atomic E-state index is 12.4. The van der Waals surface area contributed by atoms with Crippen molar-refractivity contribution in [2.75, 3.05) is 12.4 Å². The number of benzene rings is 2. The highest BCUT2D eigenvalue weighted by Gasteiger charge is 2.13. The van der Waals surface area contributed by atoms with Crippen LogP contribution in [-0.4, -0.2) is 27.8 Å². The maximum Gasteiger partial charge on any atom is 0.323 e. The summed E-state index contributed by atoms with van der Waals surface area (Å²) in [6, 6.07) is 19.5. The highest BCUT2D eigenvalue weighted by molar-refractivity contribution is 5.88. The predicted octanol–water partition coefficient (Wildman–Crippen LogP) is 3.84. The largest absolute Gasteiger partial charge is 0.323 e. The van der Waals surface area contributed by atoms with Crippen LogP contribution in [-0.2, 0) is 6.54 Å². The molecule has 0 atom stereocenters. The van der Waals surface area contributed by atoms with Crippen molar-refractivity contribution in [2.24, 2.45) is 0 Å². The number of hydrogen-bond acceptors (Lipinski definition) is 2. The summed E-state index contributed by atoms with van der Waals surface area (Å²) < 4.78 is 1.77. The average Bonchev–Trinajstić information content (AvgIpc) is 2.97. The first-order chi connectivity index (χ1) is 11.6. The Morgan fingerprint density at radius 1 is 1.08 bits per heavy atom. The fraction of sp³-hybridized carbons (Fsp3) is 0.158. The molecule has 1 N–H and O–H groups in total. The fourth-order valence-electron chi connectivity index (χ4n) is 2.42. The molecule has 0 aliphatic heterocycles. The molecule has 0 fully saturated rings. The van der Waals surface area contributed by atoms with Crippen LogP contribution < -0.4 is 5.32 Å². The van der Waals surface area contributed by atoms with Crippen molar-refractivity contribution in [3.8, 4) is 5.69 Å². The first-order valence-corrected chi connectivity index (χ1v) is 7.81. The molecule has 0 bridgehead atoms. The second-order valence-corrected chi connectivity index (χ2v) is 5.71. The summed E-state index contributed by atoms with van der Waals surface area (Å²) in [5.41, 5.74) is 2.96. The lowest BCUT2D eigenvalue weighted by atomic mass is 10.2. The number of nitrogens with zero attached hydrogens (tertiary/aromatic N) is 3. The zero-order valence-corrected chi connectivity index (χ0v) is 13.8. The van der Waals surface area contributed by atoms with Gasteiger partial charge in [-0.1, -0.05) is 48.5 Å². The number of aryl methyl sites for hydroxylation is 1. The number of rotatable bonds is 4. The zero-order valence-electron chi connectivity index (χ0n) is 13.8. The molecule has 24 heavy (non-hydrogen) atoms. The standard InChI is InChI=1S/C19H20N4O/c1-15-13-23(17-11-7-4-8-12-17)21-18(15)20-19(24)22(2)14-16-9-5-3-6-10-16/h3-13H,14H2,1-2H3,(H,20,21,24). The maximum absolute atomic E-state index is 12.4. The van der Waals surface area contributed by atoms with Crippen LogP contribution in [0.15, 0.2) is 66.9 Å². The van der Waals surface area contributed by atoms with Gasteiger partial charge in [0.2, 0.25) is 0 Å². The van der Waals surface area contributed by atoms with Crippen molar-refractivity contribution in [2.45, 2.75) is 13.5 Å². The second-order valence-electron chi connectivity index (χ2n) is 5.71. The average molecular weight is 320 g/mol. The number of aromatic nitrogens is 2. The van der Waals surface area contributed by atoms with Gasteiger partial charge in [0.05, 0.1) is 5.69 Å². The van der Waals surface area contributed by atoms with Crippen molar-refractivity contribution in [1.29, 1.82) is 0 Å². The lowest BCUT2D eigenvalue weighted by Gasteiger charge is -2.17. The lowest BCUT2D eigenvalue weighted by molar-refractivity contribution is 0.220. The topological polar surface area (TPSA) is 50.2 Å². The van der Waals surface area contributed by atoms with Gasteiger partial charge in [-0.25, -0.2) is 9.48 Å². The molecule has 0 unspecified atom stereocenters. The van der Waals surface area contributed by atoms with E-state index in [-0.39, 0.29) is 6.03 Å². The molecule has 0 spiro atoms. The molecule has 2 aromatic carbocycles. The first-order valence-electron chi connectivity index (χ1n) is 7.81. The van der Waals surface area contributed by atoms with E-state index in [1.165, 1.54) is 0 Å². The van der Waals surface area contributed by atoms with Gasteiger partial charge in [-0.15, -0.1) is 5.10 Å². The molecular weight excluding hydrogens is 300 g/mol. The fourth-order valence-corrected chi connectivity index (χ4v) is 2.42. The van der Waals surface area contributed by atoms with E-state index in [1.807, 2.05) is 73.8 Å². The molecule has 3 aromatic rings. The van der Waals surface area contributed by atoms with Crippen LogP contribution in [0.3, 0.4) is 0 Å². The van der Waals surface area contributed by atoms with E-state index in [4.69, 9.17) is 0 Å². The summed E-state index contributed by atoms with van der Waals surface area (Å²) in [4.78, 5) is 14.0. The number of hydrogen-bond donors (Lipinski definition) is 1. The Labute approximate surface area is 141 Å². The molecule has 2 amide bonds. The molecule has 3 rings (SSSR count). The van der Waals surface area contributed by atoms with E-state index in [0.29, 0.717) is 12.4 Å². The monoisotopic (exact) mass is 320 g/mol. The number of carbonyl (C=O) groups is 1. The third-order valence-corrected chi connectivity index (χ3v) is 3.75. The minimum atomic E-state index is -0.180. The summed E-state index contributed by atoms with van der Waals surface area (Å²) in [6.45, 7) is 2.48. The molecule has 5 heteroatoms. The molecule has 0 radical (unpaired) electrons. The van der Waals surface area contributed by atoms with Gasteiger partial charge in [0.25, 0.3) is 0 Å². The van der Waals surface area contributed by atoms with Gasteiger partial charge >= 0.3 is 6.03 Å². The Morgan fingerprint density at radius 3 is 2.38 bits per heavy atom. The van der Waals surface area contributed by atoms with Gasteiger partial charge in [-0.05, 0) is 24.6 Å². The Hall–Kier alpha value is -3.08. The van der Waals surface area contributed by atoms with Gasteiger partial charge in [-0.2, -0.15) is 0 Å². The third-order valence-electron chi connectivity index (χ3n) is 3.75. The van der Waals surface area contributed by atoms with Crippen LogP contribution in [0.1, 0.15) is 11.1 Å². The number of anilines is 1. The van der Waals surface area contributed by atoms with Crippen molar-refractivity contribution in [3.63, 3.8) is 0 Å². The van der Waals surface area contributed by atoms with E-state index in [2.05, 4.69) is 10.4 Å². The molecule has 122 valence electrons. The smallest absolute Gasteiger partial charge is 0.323 e. The molecular formula is C19H20N4O. The zero-order chi connectivity index (χ0) is 16.9. The summed E-state index contributed by atoms with van der Waals surface area (Å²) in [5, 5.41) is 7.34. The molecule has 1 aromatic heterocycles. The van der Waals surface area contributed by atoms with E-state index < -0.39 is 0 Å². The molecule has 0 saturated carbocycles. The van der Waals surface area contributed by atoms with Crippen LogP contribution in [0.2, 0.25) is 0 Å². The van der Waals surface area contributed by atoms with Crippen molar-refractivity contribution in [3.05, 3.63) is 78.0 Å². The number of urea groups is 1. The molecule has 5 nitrogen and oxygen atoms in total. The number of nitrogens with one attached hydrogen (secondary N) is 1. The second kappa shape index (κ2) is 7.00. The summed E-state index contributed by atoms with van der Waals surface area (Å²) in [5.74, 6) is 0.573. The number of carbonyl (C=O) groups excluding carboxylic acids is 1. The summed E-state index contributed by atoms with van der Waals surface area (Å²) >= 11 is 0. The SMILES string of the molecule is Cc1cn(-c2ccccc2)nc1NC(=O)N(C)Cc1ccccc1. The highest BCUT2D eigenvalue weighted by Crippen LogP contribution is 2.16. The van der Waals surface area contributed by atoms with Crippen LogP contribution in [0.4, 0.5) is 10.6 Å². The van der Waals surface area contributed by atoms with Gasteiger partial charge in [0, 0.05) is 25.4 Å². The Balaban J connectivity index is 1.69. The van der Waals surface area contributed by atoms with E-state index >= 15 is 0 Å². The van der Waals surface area contributed by atoms with E-state index in [1.54, 1.807) is 16.6 Å². The molecule has 0 aliphatic carbocycles. The highest BCUT2D eigenvalue weighted by atomic mass is 16.2. The number of para-hydroxylation sites is 1. The normalized spacial score (nSPS) is 10.4. The van der Waals surface area contributed by atoms with Crippen LogP contribution in [0, 0.1) is 6.92 Å². The number of amides is 2. The Bertz CT molecular complexity index is 812. The van der Waals surface area contributed by atoms with Gasteiger partial charge in [-0.3, -0.25) is 5.32 Å². The molecule has 1 heterocycles. The van der Waals surface area contributed by atoms with E-state index in [9.17, 15) is 4.79 Å². The third kappa shape index (κ3) is 3.63. The van der Waals surface area contributed by atoms with Crippen LogP contribution in [0.25, 0.3) is 5.69 Å². The van der Waals surface area contributed by atoms with Crippen molar-refractivity contribution < 1.29 is 4.79 Å². The van der Waals surface area contributed by atoms with Crippen LogP contribution in [0.5, 0.6) is 0 Å². The van der Waals surface area contributed by atoms with Gasteiger partial charge < -0.3 is 4.90 Å². The van der Waals surface area contributed by atoms with Gasteiger partial charge in [0.1, 0.15) is 0 Å². The Morgan fingerprint density at radius 2 is 1.71 bits per heavy atom. The van der Waals surface area contributed by atoms with Crippen LogP contribution >= 0.6 is 0 Å². The summed E-state index contributed by atoms with van der Waals surface area (Å²) in [7, 11) is 1.77. The predicted molar refractivity (Wildman–Crippen MR) is 95.2 cm³/mol. The minimum absolute atomic E-state index is 0.180. The van der Waals surface area contributed by atoms with E-state index in [0.717, 1.165) is 16.8 Å². The van der Waals surface area contributed by atoms with Crippen molar-refractivity contribution >= 4 is 11.8 Å². The Kier molecular flexibility index (Phi) is 4.61. The summed E-state index contributed by atoms with van der Waals surface area (Å²) in [6.07, 6.45) is 1.90.